The highest BCUT2D eigenvalue weighted by atomic mass is 32.1. The second kappa shape index (κ2) is 9.72. The number of fused-ring (bicyclic) bond motifs is 1. The number of nitrogens with zero attached hydrogens (tertiary/aromatic N) is 3. The summed E-state index contributed by atoms with van der Waals surface area (Å²) in [6.45, 7) is 2.72. The molecule has 33 heavy (non-hydrogen) atoms. The van der Waals surface area contributed by atoms with E-state index in [0.29, 0.717) is 56.9 Å². The van der Waals surface area contributed by atoms with Crippen molar-refractivity contribution in [3.8, 4) is 11.6 Å². The van der Waals surface area contributed by atoms with Crippen molar-refractivity contribution < 1.29 is 23.8 Å². The van der Waals surface area contributed by atoms with Crippen molar-refractivity contribution in [2.45, 2.75) is 32.8 Å². The molecule has 174 valence electrons. The minimum atomic E-state index is -0.271. The quantitative estimate of drug-likeness (QED) is 0.558. The van der Waals surface area contributed by atoms with Crippen LogP contribution in [-0.2, 0) is 16.1 Å². The largest absolute Gasteiger partial charge is 0.495 e. The Morgan fingerprint density at radius 1 is 1.18 bits per heavy atom. The normalized spacial score (nSPS) is 13.9. The molecule has 1 aliphatic heterocycles. The smallest absolute Gasteiger partial charge is 0.266 e. The molecule has 1 N–H and O–H groups in total. The molecule has 2 amide bonds. The summed E-state index contributed by atoms with van der Waals surface area (Å²) in [5, 5.41) is 3.66. The summed E-state index contributed by atoms with van der Waals surface area (Å²) in [5.74, 6) is 1.27. The Kier molecular flexibility index (Phi) is 6.75. The van der Waals surface area contributed by atoms with E-state index in [1.165, 1.54) is 18.4 Å². The number of nitrogens with one attached hydrogen (secondary N) is 1. The number of thiophene rings is 1. The molecule has 0 radical (unpaired) electrons. The number of ether oxygens (including phenoxy) is 3. The number of amides is 2. The first-order chi connectivity index (χ1) is 16.0. The van der Waals surface area contributed by atoms with Crippen LogP contribution >= 0.6 is 11.3 Å². The van der Waals surface area contributed by atoms with Crippen LogP contribution in [0.4, 0.5) is 11.4 Å². The monoisotopic (exact) mass is 470 g/mol. The fourth-order valence-electron chi connectivity index (χ4n) is 3.93. The van der Waals surface area contributed by atoms with Gasteiger partial charge in [0.2, 0.25) is 11.8 Å². The third-order valence-corrected chi connectivity index (χ3v) is 6.71. The molecule has 0 bridgehead atoms. The number of benzene rings is 1. The van der Waals surface area contributed by atoms with E-state index in [-0.39, 0.29) is 18.4 Å². The molecular weight excluding hydrogens is 444 g/mol. The first kappa shape index (κ1) is 22.9. The van der Waals surface area contributed by atoms with Gasteiger partial charge in [0.1, 0.15) is 17.2 Å². The number of piperidine rings is 1. The Balaban J connectivity index is 1.66. The average molecular weight is 471 g/mol. The van der Waals surface area contributed by atoms with Gasteiger partial charge in [0.15, 0.2) is 5.82 Å². The van der Waals surface area contributed by atoms with Crippen molar-refractivity contribution in [1.82, 2.24) is 9.97 Å². The number of aromatic nitrogens is 2. The van der Waals surface area contributed by atoms with Crippen molar-refractivity contribution in [2.75, 3.05) is 38.1 Å². The van der Waals surface area contributed by atoms with Crippen LogP contribution < -0.4 is 19.7 Å². The zero-order valence-corrected chi connectivity index (χ0v) is 19.9. The molecule has 3 heterocycles. The second-order valence-electron chi connectivity index (χ2n) is 7.66. The summed E-state index contributed by atoms with van der Waals surface area (Å²) >= 11 is 1.27. The fraction of sp³-hybridized carbons (Fsp3) is 0.391. The third-order valence-electron chi connectivity index (χ3n) is 5.53. The summed E-state index contributed by atoms with van der Waals surface area (Å²) in [7, 11) is 4.67. The molecule has 1 saturated heterocycles. The Labute approximate surface area is 195 Å². The van der Waals surface area contributed by atoms with Crippen molar-refractivity contribution in [3.05, 3.63) is 34.5 Å². The van der Waals surface area contributed by atoms with Crippen LogP contribution in [0.1, 0.15) is 40.3 Å². The fourth-order valence-corrected chi connectivity index (χ4v) is 5.01. The lowest BCUT2D eigenvalue weighted by molar-refractivity contribution is -0.119. The van der Waals surface area contributed by atoms with Crippen LogP contribution in [0.2, 0.25) is 0 Å². The van der Waals surface area contributed by atoms with Crippen molar-refractivity contribution in [2.24, 2.45) is 0 Å². The maximum atomic E-state index is 13.2. The van der Waals surface area contributed by atoms with Gasteiger partial charge in [-0.25, -0.2) is 4.98 Å². The minimum absolute atomic E-state index is 0.0564. The molecule has 1 aliphatic rings. The Hall–Kier alpha value is -3.24. The molecule has 1 aromatic carbocycles. The third kappa shape index (κ3) is 4.49. The second-order valence-corrected chi connectivity index (χ2v) is 8.66. The molecule has 4 rings (SSSR count). The van der Waals surface area contributed by atoms with E-state index in [2.05, 4.69) is 15.3 Å². The summed E-state index contributed by atoms with van der Waals surface area (Å²) in [6, 6.07) is 5.30. The molecule has 2 aromatic heterocycles. The van der Waals surface area contributed by atoms with Gasteiger partial charge in [-0.2, -0.15) is 4.98 Å². The zero-order chi connectivity index (χ0) is 23.5. The highest BCUT2D eigenvalue weighted by Gasteiger charge is 2.24. The number of hydrogen-bond donors (Lipinski definition) is 1. The highest BCUT2D eigenvalue weighted by molar-refractivity contribution is 7.20. The van der Waals surface area contributed by atoms with E-state index in [9.17, 15) is 9.59 Å². The lowest BCUT2D eigenvalue weighted by Gasteiger charge is -2.28. The first-order valence-corrected chi connectivity index (χ1v) is 11.4. The van der Waals surface area contributed by atoms with E-state index in [4.69, 9.17) is 14.2 Å². The Morgan fingerprint density at radius 2 is 2.00 bits per heavy atom. The lowest BCUT2D eigenvalue weighted by Crippen LogP contribution is -2.35. The van der Waals surface area contributed by atoms with Gasteiger partial charge in [0, 0.05) is 25.8 Å². The number of carbonyl (C=O) groups excluding carboxylic acids is 2. The van der Waals surface area contributed by atoms with Crippen LogP contribution in [0.25, 0.3) is 10.2 Å². The molecule has 0 atom stereocenters. The van der Waals surface area contributed by atoms with Gasteiger partial charge in [-0.1, -0.05) is 0 Å². The maximum absolute atomic E-state index is 13.2. The number of anilines is 2. The molecule has 0 unspecified atom stereocenters. The Morgan fingerprint density at radius 3 is 2.70 bits per heavy atom. The number of rotatable bonds is 7. The summed E-state index contributed by atoms with van der Waals surface area (Å²) in [5.41, 5.74) is 1.97. The number of carbonyl (C=O) groups is 2. The molecule has 10 heteroatoms. The van der Waals surface area contributed by atoms with Crippen LogP contribution in [-0.4, -0.2) is 49.7 Å². The SMILES string of the molecule is COCc1nc(OC)c2c(C)c(C(=O)Nc3ccc(OC)c(N4CCCCC4=O)c3)sc2n1. The van der Waals surface area contributed by atoms with Gasteiger partial charge in [0.25, 0.3) is 5.91 Å². The first-order valence-electron chi connectivity index (χ1n) is 10.6. The van der Waals surface area contributed by atoms with E-state index >= 15 is 0 Å². The molecule has 0 spiro atoms. The van der Waals surface area contributed by atoms with Gasteiger partial charge in [-0.05, 0) is 43.5 Å². The van der Waals surface area contributed by atoms with Crippen molar-refractivity contribution >= 4 is 44.7 Å². The highest BCUT2D eigenvalue weighted by Crippen LogP contribution is 2.37. The molecule has 1 fully saturated rings. The predicted octanol–water partition coefficient (Wildman–Crippen LogP) is 3.93. The molecule has 0 saturated carbocycles. The van der Waals surface area contributed by atoms with Crippen LogP contribution in [0, 0.1) is 6.92 Å². The van der Waals surface area contributed by atoms with E-state index < -0.39 is 0 Å². The van der Waals surface area contributed by atoms with Gasteiger partial charge in [0.05, 0.1) is 30.2 Å². The molecule has 3 aromatic rings. The average Bonchev–Trinajstić information content (AvgIpc) is 3.15. The van der Waals surface area contributed by atoms with Gasteiger partial charge >= 0.3 is 0 Å². The number of methoxy groups -OCH3 is 3. The molecular formula is C23H26N4O5S. The van der Waals surface area contributed by atoms with Gasteiger partial charge in [-0.15, -0.1) is 11.3 Å². The van der Waals surface area contributed by atoms with E-state index in [1.54, 1.807) is 37.3 Å². The predicted molar refractivity (Wildman–Crippen MR) is 127 cm³/mol. The van der Waals surface area contributed by atoms with E-state index in [1.807, 2.05) is 6.92 Å². The lowest BCUT2D eigenvalue weighted by atomic mass is 10.1. The topological polar surface area (TPSA) is 103 Å². The summed E-state index contributed by atoms with van der Waals surface area (Å²) in [6.07, 6.45) is 2.33. The standard InChI is InChI=1S/C23H26N4O5S/c1-13-19-22(32-4)25-17(12-30-2)26-23(19)33-20(13)21(29)24-14-8-9-16(31-3)15(11-14)27-10-6-5-7-18(27)28/h8-9,11H,5-7,10,12H2,1-4H3,(H,24,29). The van der Waals surface area contributed by atoms with Crippen LogP contribution in [0.5, 0.6) is 11.6 Å². The minimum Gasteiger partial charge on any atom is -0.495 e. The van der Waals surface area contributed by atoms with Crippen LogP contribution in [0.15, 0.2) is 18.2 Å². The van der Waals surface area contributed by atoms with Gasteiger partial charge in [-0.3, -0.25) is 9.59 Å². The van der Waals surface area contributed by atoms with Gasteiger partial charge < -0.3 is 24.4 Å². The van der Waals surface area contributed by atoms with Crippen molar-refractivity contribution in [1.29, 1.82) is 0 Å². The maximum Gasteiger partial charge on any atom is 0.266 e. The number of aryl methyl sites for hydroxylation is 1. The summed E-state index contributed by atoms with van der Waals surface area (Å²) < 4.78 is 16.0. The van der Waals surface area contributed by atoms with E-state index in [0.717, 1.165) is 18.4 Å². The summed E-state index contributed by atoms with van der Waals surface area (Å²) in [4.78, 5) is 37.4. The molecule has 0 aliphatic carbocycles. The van der Waals surface area contributed by atoms with Crippen molar-refractivity contribution in [3.63, 3.8) is 0 Å². The van der Waals surface area contributed by atoms with Crippen LogP contribution in [0.3, 0.4) is 0 Å². The Bertz CT molecular complexity index is 1210. The number of hydrogen-bond acceptors (Lipinski definition) is 8. The molecule has 9 nitrogen and oxygen atoms in total. The zero-order valence-electron chi connectivity index (χ0n) is 19.1.